The Labute approximate surface area is 99.0 Å². The highest BCUT2D eigenvalue weighted by atomic mass is 16.3. The first-order valence-corrected chi connectivity index (χ1v) is 5.48. The van der Waals surface area contributed by atoms with Gasteiger partial charge >= 0.3 is 0 Å². The number of aromatic hydroxyl groups is 1. The third-order valence-electron chi connectivity index (χ3n) is 2.81. The molecule has 0 aliphatic heterocycles. The fraction of sp³-hybridized carbons (Fsp3) is 0.0714. The van der Waals surface area contributed by atoms with Gasteiger partial charge < -0.3 is 9.51 Å². The van der Waals surface area contributed by atoms with Gasteiger partial charge in [0, 0.05) is 18.0 Å². The molecule has 1 N–H and O–H groups in total. The summed E-state index contributed by atoms with van der Waals surface area (Å²) in [7, 11) is 0. The Balaban J connectivity index is 2.18. The Morgan fingerprint density at radius 3 is 2.59 bits per heavy atom. The fourth-order valence-corrected chi connectivity index (χ4v) is 1.86. The Morgan fingerprint density at radius 1 is 1.12 bits per heavy atom. The van der Waals surface area contributed by atoms with Crippen molar-refractivity contribution in [1.29, 1.82) is 0 Å². The summed E-state index contributed by atoms with van der Waals surface area (Å²) in [6.07, 6.45) is 3.79. The molecule has 3 rings (SSSR count). The number of aromatic nitrogens is 2. The molecule has 17 heavy (non-hydrogen) atoms. The minimum absolute atomic E-state index is 0.200. The zero-order valence-electron chi connectivity index (χ0n) is 9.46. The van der Waals surface area contributed by atoms with Crippen molar-refractivity contribution in [3.05, 3.63) is 54.4 Å². The summed E-state index contributed by atoms with van der Waals surface area (Å²) < 4.78 is 1.82. The maximum atomic E-state index is 9.69. The number of aryl methyl sites for hydroxylation is 1. The third-order valence-corrected chi connectivity index (χ3v) is 2.81. The van der Waals surface area contributed by atoms with Gasteiger partial charge in [0.25, 0.3) is 0 Å². The lowest BCUT2D eigenvalue weighted by Gasteiger charge is -1.96. The Hall–Kier alpha value is -2.29. The van der Waals surface area contributed by atoms with Gasteiger partial charge in [-0.25, -0.2) is 4.98 Å². The summed E-state index contributed by atoms with van der Waals surface area (Å²) >= 11 is 0. The van der Waals surface area contributed by atoms with Crippen LogP contribution < -0.4 is 0 Å². The first kappa shape index (κ1) is 9.90. The van der Waals surface area contributed by atoms with Crippen LogP contribution in [-0.2, 0) is 0 Å². The molecule has 0 amide bonds. The lowest BCUT2D eigenvalue weighted by atomic mass is 10.1. The highest BCUT2D eigenvalue weighted by molar-refractivity contribution is 5.65. The standard InChI is InChI=1S/C14H12N2O/c1-10-4-6-11(7-5-10)12-9-16-8-2-3-13(17)14(16)15-12/h2-9,17H,1H3. The van der Waals surface area contributed by atoms with Crippen LogP contribution in [0.1, 0.15) is 5.56 Å². The highest BCUT2D eigenvalue weighted by Gasteiger charge is 2.06. The monoisotopic (exact) mass is 224 g/mol. The maximum absolute atomic E-state index is 9.69. The minimum Gasteiger partial charge on any atom is -0.504 e. The van der Waals surface area contributed by atoms with Gasteiger partial charge in [-0.15, -0.1) is 0 Å². The van der Waals surface area contributed by atoms with Crippen molar-refractivity contribution < 1.29 is 5.11 Å². The van der Waals surface area contributed by atoms with Crippen molar-refractivity contribution in [1.82, 2.24) is 9.38 Å². The second-order valence-corrected chi connectivity index (χ2v) is 4.12. The summed E-state index contributed by atoms with van der Waals surface area (Å²) in [5.74, 6) is 0.200. The second kappa shape index (κ2) is 3.63. The summed E-state index contributed by atoms with van der Waals surface area (Å²) in [5, 5.41) is 9.69. The predicted octanol–water partition coefficient (Wildman–Crippen LogP) is 3.02. The zero-order chi connectivity index (χ0) is 11.8. The van der Waals surface area contributed by atoms with Crippen LogP contribution in [0.25, 0.3) is 16.9 Å². The maximum Gasteiger partial charge on any atom is 0.180 e. The molecule has 0 bridgehead atoms. The molecule has 0 radical (unpaired) electrons. The third kappa shape index (κ3) is 1.65. The smallest absolute Gasteiger partial charge is 0.180 e. The van der Waals surface area contributed by atoms with Crippen molar-refractivity contribution in [3.8, 4) is 17.0 Å². The van der Waals surface area contributed by atoms with E-state index in [9.17, 15) is 5.11 Å². The molecule has 3 aromatic rings. The molecule has 3 heteroatoms. The summed E-state index contributed by atoms with van der Waals surface area (Å²) in [4.78, 5) is 4.43. The molecule has 3 nitrogen and oxygen atoms in total. The molecule has 0 aliphatic rings. The lowest BCUT2D eigenvalue weighted by Crippen LogP contribution is -1.80. The minimum atomic E-state index is 0.200. The molecular formula is C14H12N2O. The van der Waals surface area contributed by atoms with E-state index in [1.54, 1.807) is 12.1 Å². The van der Waals surface area contributed by atoms with E-state index < -0.39 is 0 Å². The number of fused-ring (bicyclic) bond motifs is 1. The number of pyridine rings is 1. The van der Waals surface area contributed by atoms with Gasteiger partial charge in [-0.1, -0.05) is 29.8 Å². The van der Waals surface area contributed by atoms with Crippen LogP contribution in [-0.4, -0.2) is 14.5 Å². The summed E-state index contributed by atoms with van der Waals surface area (Å²) in [5.41, 5.74) is 3.73. The molecule has 0 atom stereocenters. The molecular weight excluding hydrogens is 212 g/mol. The summed E-state index contributed by atoms with van der Waals surface area (Å²) in [6, 6.07) is 11.6. The average molecular weight is 224 g/mol. The second-order valence-electron chi connectivity index (χ2n) is 4.12. The van der Waals surface area contributed by atoms with E-state index in [4.69, 9.17) is 0 Å². The molecule has 0 saturated heterocycles. The van der Waals surface area contributed by atoms with E-state index in [-0.39, 0.29) is 5.75 Å². The van der Waals surface area contributed by atoms with E-state index in [0.29, 0.717) is 5.65 Å². The van der Waals surface area contributed by atoms with Crippen molar-refractivity contribution in [2.75, 3.05) is 0 Å². The van der Waals surface area contributed by atoms with Gasteiger partial charge in [-0.2, -0.15) is 0 Å². The van der Waals surface area contributed by atoms with Gasteiger partial charge in [0.15, 0.2) is 11.4 Å². The van der Waals surface area contributed by atoms with Crippen molar-refractivity contribution in [2.45, 2.75) is 6.92 Å². The quantitative estimate of drug-likeness (QED) is 0.690. The van der Waals surface area contributed by atoms with E-state index in [1.165, 1.54) is 5.56 Å². The number of rotatable bonds is 1. The summed E-state index contributed by atoms with van der Waals surface area (Å²) in [6.45, 7) is 2.05. The molecule has 0 unspecified atom stereocenters. The number of imidazole rings is 1. The topological polar surface area (TPSA) is 37.5 Å². The van der Waals surface area contributed by atoms with Crippen LogP contribution in [0.4, 0.5) is 0 Å². The average Bonchev–Trinajstić information content (AvgIpc) is 2.75. The van der Waals surface area contributed by atoms with E-state index in [0.717, 1.165) is 11.3 Å². The van der Waals surface area contributed by atoms with Crippen molar-refractivity contribution in [3.63, 3.8) is 0 Å². The van der Waals surface area contributed by atoms with Crippen LogP contribution in [0.5, 0.6) is 5.75 Å². The van der Waals surface area contributed by atoms with Gasteiger partial charge in [-0.05, 0) is 19.1 Å². The number of benzene rings is 1. The molecule has 0 fully saturated rings. The number of nitrogens with zero attached hydrogens (tertiary/aromatic N) is 2. The van der Waals surface area contributed by atoms with Crippen LogP contribution in [0.15, 0.2) is 48.8 Å². The van der Waals surface area contributed by atoms with E-state index in [2.05, 4.69) is 24.0 Å². The van der Waals surface area contributed by atoms with Gasteiger partial charge in [0.05, 0.1) is 5.69 Å². The molecule has 2 heterocycles. The van der Waals surface area contributed by atoms with Gasteiger partial charge in [0.1, 0.15) is 0 Å². The van der Waals surface area contributed by atoms with Crippen molar-refractivity contribution in [2.24, 2.45) is 0 Å². The van der Waals surface area contributed by atoms with Gasteiger partial charge in [-0.3, -0.25) is 0 Å². The van der Waals surface area contributed by atoms with E-state index in [1.807, 2.05) is 28.9 Å². The molecule has 2 aromatic heterocycles. The molecule has 0 aliphatic carbocycles. The van der Waals surface area contributed by atoms with Crippen LogP contribution in [0.3, 0.4) is 0 Å². The Kier molecular flexibility index (Phi) is 2.11. The molecule has 0 saturated carbocycles. The van der Waals surface area contributed by atoms with E-state index >= 15 is 0 Å². The molecule has 0 spiro atoms. The lowest BCUT2D eigenvalue weighted by molar-refractivity contribution is 0.477. The normalized spacial score (nSPS) is 10.9. The predicted molar refractivity (Wildman–Crippen MR) is 67.0 cm³/mol. The Bertz CT molecular complexity index is 668. The van der Waals surface area contributed by atoms with Crippen LogP contribution in [0.2, 0.25) is 0 Å². The molecule has 84 valence electrons. The largest absolute Gasteiger partial charge is 0.504 e. The number of hydrogen-bond donors (Lipinski definition) is 1. The highest BCUT2D eigenvalue weighted by Crippen LogP contribution is 2.23. The van der Waals surface area contributed by atoms with Gasteiger partial charge in [0.2, 0.25) is 0 Å². The molecule has 1 aromatic carbocycles. The first-order valence-electron chi connectivity index (χ1n) is 5.48. The first-order chi connectivity index (χ1) is 8.24. The van der Waals surface area contributed by atoms with Crippen LogP contribution in [0, 0.1) is 6.92 Å². The van der Waals surface area contributed by atoms with Crippen LogP contribution >= 0.6 is 0 Å². The fourth-order valence-electron chi connectivity index (χ4n) is 1.86. The number of hydrogen-bond acceptors (Lipinski definition) is 2. The Morgan fingerprint density at radius 2 is 1.88 bits per heavy atom. The SMILES string of the molecule is Cc1ccc(-c2cn3cccc(O)c3n2)cc1. The van der Waals surface area contributed by atoms with Crippen molar-refractivity contribution >= 4 is 5.65 Å². The zero-order valence-corrected chi connectivity index (χ0v) is 9.46.